The minimum absolute atomic E-state index is 0.505. The maximum atomic E-state index is 8.82. The standard InChI is InChI=1S/C18H26N4/c1-13-8-14(2)10-17(9-13)22-18(20-3)21-12-16-6-4-15(11-19)5-7-16/h4-7,13-14,17H,8-10,12H2,1-3H3,(H2,20,21,22). The Bertz CT molecular complexity index is 531. The van der Waals surface area contributed by atoms with Gasteiger partial charge in [-0.1, -0.05) is 26.0 Å². The highest BCUT2D eigenvalue weighted by molar-refractivity contribution is 5.79. The summed E-state index contributed by atoms with van der Waals surface area (Å²) in [7, 11) is 1.81. The zero-order valence-corrected chi connectivity index (χ0v) is 13.8. The summed E-state index contributed by atoms with van der Waals surface area (Å²) in [6, 6.07) is 10.3. The fourth-order valence-electron chi connectivity index (χ4n) is 3.34. The Morgan fingerprint density at radius 3 is 2.36 bits per heavy atom. The highest BCUT2D eigenvalue weighted by Crippen LogP contribution is 2.28. The van der Waals surface area contributed by atoms with Gasteiger partial charge in [0, 0.05) is 19.6 Å². The molecule has 1 aromatic carbocycles. The van der Waals surface area contributed by atoms with Gasteiger partial charge in [-0.05, 0) is 48.8 Å². The molecule has 1 aliphatic rings. The molecule has 2 unspecified atom stereocenters. The molecule has 0 amide bonds. The Kier molecular flexibility index (Phi) is 5.83. The molecule has 0 spiro atoms. The Morgan fingerprint density at radius 1 is 1.18 bits per heavy atom. The van der Waals surface area contributed by atoms with Crippen molar-refractivity contribution in [3.05, 3.63) is 35.4 Å². The smallest absolute Gasteiger partial charge is 0.191 e. The highest BCUT2D eigenvalue weighted by Gasteiger charge is 2.24. The molecule has 1 fully saturated rings. The lowest BCUT2D eigenvalue weighted by Crippen LogP contribution is -2.45. The van der Waals surface area contributed by atoms with Crippen molar-refractivity contribution in [2.24, 2.45) is 16.8 Å². The number of hydrogen-bond acceptors (Lipinski definition) is 2. The Morgan fingerprint density at radius 2 is 1.82 bits per heavy atom. The second-order valence-electron chi connectivity index (χ2n) is 6.49. The predicted octanol–water partition coefficient (Wildman–Crippen LogP) is 3.05. The third-order valence-electron chi connectivity index (χ3n) is 4.29. The number of nitrogens with zero attached hydrogens (tertiary/aromatic N) is 2. The van der Waals surface area contributed by atoms with Gasteiger partial charge >= 0.3 is 0 Å². The third kappa shape index (κ3) is 4.77. The van der Waals surface area contributed by atoms with Crippen LogP contribution in [0.1, 0.15) is 44.2 Å². The molecule has 1 aromatic rings. The van der Waals surface area contributed by atoms with Crippen LogP contribution in [0.5, 0.6) is 0 Å². The van der Waals surface area contributed by atoms with Crippen molar-refractivity contribution in [2.75, 3.05) is 7.05 Å². The monoisotopic (exact) mass is 298 g/mol. The van der Waals surface area contributed by atoms with Crippen LogP contribution in [0.15, 0.2) is 29.3 Å². The topological polar surface area (TPSA) is 60.2 Å². The number of hydrogen-bond donors (Lipinski definition) is 2. The lowest BCUT2D eigenvalue weighted by molar-refractivity contribution is 0.255. The lowest BCUT2D eigenvalue weighted by Gasteiger charge is -2.32. The van der Waals surface area contributed by atoms with E-state index in [0.29, 0.717) is 18.2 Å². The van der Waals surface area contributed by atoms with Crippen LogP contribution in [0.25, 0.3) is 0 Å². The number of rotatable bonds is 3. The zero-order chi connectivity index (χ0) is 15.9. The van der Waals surface area contributed by atoms with Crippen molar-refractivity contribution in [1.82, 2.24) is 10.6 Å². The number of benzene rings is 1. The Hall–Kier alpha value is -2.02. The van der Waals surface area contributed by atoms with Crippen molar-refractivity contribution < 1.29 is 0 Å². The molecule has 2 atom stereocenters. The summed E-state index contributed by atoms with van der Waals surface area (Å²) in [6.45, 7) is 5.37. The number of aliphatic imine (C=N–C) groups is 1. The summed E-state index contributed by atoms with van der Waals surface area (Å²) < 4.78 is 0. The second-order valence-corrected chi connectivity index (χ2v) is 6.49. The first-order valence-corrected chi connectivity index (χ1v) is 8.07. The van der Waals surface area contributed by atoms with Crippen molar-refractivity contribution in [3.8, 4) is 6.07 Å². The van der Waals surface area contributed by atoms with Crippen LogP contribution in [-0.2, 0) is 6.54 Å². The van der Waals surface area contributed by atoms with Crippen LogP contribution in [0.3, 0.4) is 0 Å². The lowest BCUT2D eigenvalue weighted by atomic mass is 9.80. The van der Waals surface area contributed by atoms with E-state index in [9.17, 15) is 0 Å². The van der Waals surface area contributed by atoms with E-state index in [0.717, 1.165) is 23.4 Å². The summed E-state index contributed by atoms with van der Waals surface area (Å²) >= 11 is 0. The van der Waals surface area contributed by atoms with E-state index in [1.165, 1.54) is 19.3 Å². The molecule has 118 valence electrons. The van der Waals surface area contributed by atoms with E-state index in [4.69, 9.17) is 5.26 Å². The number of nitrogens with one attached hydrogen (secondary N) is 2. The van der Waals surface area contributed by atoms with Gasteiger partial charge in [-0.15, -0.1) is 0 Å². The van der Waals surface area contributed by atoms with Gasteiger partial charge in [0.05, 0.1) is 11.6 Å². The normalized spacial score (nSPS) is 25.4. The summed E-state index contributed by atoms with van der Waals surface area (Å²) in [5, 5.41) is 15.7. The first kappa shape index (κ1) is 16.4. The maximum absolute atomic E-state index is 8.82. The first-order chi connectivity index (χ1) is 10.6. The average Bonchev–Trinajstić information content (AvgIpc) is 2.51. The predicted molar refractivity (Wildman–Crippen MR) is 90.5 cm³/mol. The quantitative estimate of drug-likeness (QED) is 0.666. The molecule has 1 aliphatic carbocycles. The maximum Gasteiger partial charge on any atom is 0.191 e. The van der Waals surface area contributed by atoms with Gasteiger partial charge in [-0.3, -0.25) is 4.99 Å². The second kappa shape index (κ2) is 7.84. The molecule has 0 radical (unpaired) electrons. The molecule has 0 heterocycles. The van der Waals surface area contributed by atoms with Crippen LogP contribution in [-0.4, -0.2) is 19.0 Å². The molecule has 2 rings (SSSR count). The average molecular weight is 298 g/mol. The van der Waals surface area contributed by atoms with Gasteiger partial charge in [0.1, 0.15) is 0 Å². The van der Waals surface area contributed by atoms with E-state index in [2.05, 4.69) is 35.5 Å². The molecule has 4 heteroatoms. The molecular formula is C18H26N4. The van der Waals surface area contributed by atoms with Gasteiger partial charge in [0.2, 0.25) is 0 Å². The summed E-state index contributed by atoms with van der Waals surface area (Å²) in [4.78, 5) is 4.32. The summed E-state index contributed by atoms with van der Waals surface area (Å²) in [5.74, 6) is 2.41. The van der Waals surface area contributed by atoms with Crippen molar-refractivity contribution in [3.63, 3.8) is 0 Å². The minimum atomic E-state index is 0.505. The first-order valence-electron chi connectivity index (χ1n) is 8.07. The van der Waals surface area contributed by atoms with E-state index >= 15 is 0 Å². The molecule has 4 nitrogen and oxygen atoms in total. The van der Waals surface area contributed by atoms with Crippen LogP contribution >= 0.6 is 0 Å². The minimum Gasteiger partial charge on any atom is -0.354 e. The van der Waals surface area contributed by atoms with Gasteiger partial charge in [-0.25, -0.2) is 0 Å². The van der Waals surface area contributed by atoms with Crippen molar-refractivity contribution >= 4 is 5.96 Å². The van der Waals surface area contributed by atoms with E-state index in [-0.39, 0.29) is 0 Å². The molecule has 0 saturated heterocycles. The van der Waals surface area contributed by atoms with Crippen LogP contribution in [0.2, 0.25) is 0 Å². The van der Waals surface area contributed by atoms with Crippen molar-refractivity contribution in [1.29, 1.82) is 5.26 Å². The fourth-order valence-corrected chi connectivity index (χ4v) is 3.34. The SMILES string of the molecule is CN=C(NCc1ccc(C#N)cc1)NC1CC(C)CC(C)C1. The number of guanidine groups is 1. The molecule has 2 N–H and O–H groups in total. The number of nitriles is 1. The molecule has 0 bridgehead atoms. The van der Waals surface area contributed by atoms with Gasteiger partial charge in [-0.2, -0.15) is 5.26 Å². The molecule has 0 aliphatic heterocycles. The highest BCUT2D eigenvalue weighted by atomic mass is 15.2. The molecule has 22 heavy (non-hydrogen) atoms. The molecule has 0 aromatic heterocycles. The fraction of sp³-hybridized carbons (Fsp3) is 0.556. The van der Waals surface area contributed by atoms with E-state index in [1.807, 2.05) is 31.3 Å². The van der Waals surface area contributed by atoms with E-state index < -0.39 is 0 Å². The molecular weight excluding hydrogens is 272 g/mol. The van der Waals surface area contributed by atoms with Crippen LogP contribution < -0.4 is 10.6 Å². The Labute approximate surface area is 133 Å². The van der Waals surface area contributed by atoms with Crippen LogP contribution in [0.4, 0.5) is 0 Å². The zero-order valence-electron chi connectivity index (χ0n) is 13.8. The largest absolute Gasteiger partial charge is 0.354 e. The summed E-state index contributed by atoms with van der Waals surface area (Å²) in [5.41, 5.74) is 1.84. The molecule has 1 saturated carbocycles. The van der Waals surface area contributed by atoms with Crippen LogP contribution in [0, 0.1) is 23.2 Å². The van der Waals surface area contributed by atoms with Gasteiger partial charge in [0.25, 0.3) is 0 Å². The Balaban J connectivity index is 1.85. The summed E-state index contributed by atoms with van der Waals surface area (Å²) in [6.07, 6.45) is 3.75. The van der Waals surface area contributed by atoms with Gasteiger partial charge in [0.15, 0.2) is 5.96 Å². The van der Waals surface area contributed by atoms with E-state index in [1.54, 1.807) is 0 Å². The third-order valence-corrected chi connectivity index (χ3v) is 4.29. The van der Waals surface area contributed by atoms with Gasteiger partial charge < -0.3 is 10.6 Å². The van der Waals surface area contributed by atoms with Crippen molar-refractivity contribution in [2.45, 2.75) is 45.7 Å².